The Hall–Kier alpha value is -1.86. The number of methoxy groups -OCH3 is 1. The summed E-state index contributed by atoms with van der Waals surface area (Å²) in [5.74, 6) is -0.511. The van der Waals surface area contributed by atoms with E-state index in [-0.39, 0.29) is 17.1 Å². The Balaban J connectivity index is 1.75. The molecule has 1 N–H and O–H groups in total. The molecule has 7 heteroatoms. The van der Waals surface area contributed by atoms with Crippen molar-refractivity contribution in [3.63, 3.8) is 0 Å². The SMILES string of the molecule is COC(=O)C(C)Sc1ccccc1C(=O)Nc1nc2c(s1)CCCCC2. The summed E-state index contributed by atoms with van der Waals surface area (Å²) in [6, 6.07) is 7.28. The Morgan fingerprint density at radius 3 is 2.81 bits per heavy atom. The Kier molecular flexibility index (Phi) is 6.32. The molecule has 1 amide bonds. The van der Waals surface area contributed by atoms with E-state index in [1.165, 1.54) is 36.6 Å². The van der Waals surface area contributed by atoms with Gasteiger partial charge in [0.05, 0.1) is 18.4 Å². The monoisotopic (exact) mass is 390 g/mol. The molecular formula is C19H22N2O3S2. The van der Waals surface area contributed by atoms with Crippen molar-refractivity contribution in [3.05, 3.63) is 40.4 Å². The molecule has 1 heterocycles. The van der Waals surface area contributed by atoms with Gasteiger partial charge in [-0.3, -0.25) is 14.9 Å². The van der Waals surface area contributed by atoms with E-state index < -0.39 is 0 Å². The van der Waals surface area contributed by atoms with E-state index in [1.807, 2.05) is 18.2 Å². The Morgan fingerprint density at radius 2 is 2.00 bits per heavy atom. The minimum absolute atomic E-state index is 0.200. The van der Waals surface area contributed by atoms with Crippen LogP contribution < -0.4 is 5.32 Å². The van der Waals surface area contributed by atoms with Crippen LogP contribution in [-0.2, 0) is 22.4 Å². The predicted molar refractivity (Wildman–Crippen MR) is 105 cm³/mol. The van der Waals surface area contributed by atoms with Gasteiger partial charge in [0.25, 0.3) is 5.91 Å². The molecule has 1 aromatic carbocycles. The molecule has 0 fully saturated rings. The molecule has 0 saturated heterocycles. The van der Waals surface area contributed by atoms with Gasteiger partial charge in [0, 0.05) is 9.77 Å². The highest BCUT2D eigenvalue weighted by Gasteiger charge is 2.20. The van der Waals surface area contributed by atoms with Crippen LogP contribution in [0.4, 0.5) is 5.13 Å². The lowest BCUT2D eigenvalue weighted by Gasteiger charge is -2.12. The van der Waals surface area contributed by atoms with Gasteiger partial charge in [0.1, 0.15) is 5.25 Å². The molecule has 0 aliphatic heterocycles. The lowest BCUT2D eigenvalue weighted by Crippen LogP contribution is -2.17. The summed E-state index contributed by atoms with van der Waals surface area (Å²) in [5, 5.41) is 3.20. The van der Waals surface area contributed by atoms with Gasteiger partial charge in [-0.05, 0) is 44.7 Å². The highest BCUT2D eigenvalue weighted by Crippen LogP contribution is 2.31. The third kappa shape index (κ3) is 4.45. The van der Waals surface area contributed by atoms with Crippen LogP contribution >= 0.6 is 23.1 Å². The molecule has 1 aromatic heterocycles. The number of aryl methyl sites for hydroxylation is 2. The number of ether oxygens (including phenoxy) is 1. The lowest BCUT2D eigenvalue weighted by atomic mass is 10.2. The zero-order valence-electron chi connectivity index (χ0n) is 14.9. The fourth-order valence-electron chi connectivity index (χ4n) is 2.91. The number of hydrogen-bond donors (Lipinski definition) is 1. The van der Waals surface area contributed by atoms with Crippen molar-refractivity contribution in [1.29, 1.82) is 0 Å². The van der Waals surface area contributed by atoms with Gasteiger partial charge >= 0.3 is 5.97 Å². The molecule has 26 heavy (non-hydrogen) atoms. The molecule has 1 aliphatic carbocycles. The van der Waals surface area contributed by atoms with Crippen LogP contribution in [0.2, 0.25) is 0 Å². The molecule has 5 nitrogen and oxygen atoms in total. The van der Waals surface area contributed by atoms with E-state index in [4.69, 9.17) is 4.74 Å². The zero-order chi connectivity index (χ0) is 18.5. The molecule has 0 bridgehead atoms. The molecule has 0 spiro atoms. The lowest BCUT2D eigenvalue weighted by molar-refractivity contribution is -0.139. The summed E-state index contributed by atoms with van der Waals surface area (Å²) in [4.78, 5) is 31.1. The fraction of sp³-hybridized carbons (Fsp3) is 0.421. The predicted octanol–water partition coefficient (Wildman–Crippen LogP) is 4.32. The summed E-state index contributed by atoms with van der Waals surface area (Å²) in [6.07, 6.45) is 5.63. The summed E-state index contributed by atoms with van der Waals surface area (Å²) >= 11 is 2.90. The van der Waals surface area contributed by atoms with Gasteiger partial charge in [-0.1, -0.05) is 18.6 Å². The number of carbonyl (C=O) groups is 2. The Bertz CT molecular complexity index is 780. The summed E-state index contributed by atoms with van der Waals surface area (Å²) < 4.78 is 4.77. The van der Waals surface area contributed by atoms with E-state index in [0.717, 1.165) is 29.9 Å². The molecule has 1 unspecified atom stereocenters. The van der Waals surface area contributed by atoms with Crippen molar-refractivity contribution in [2.45, 2.75) is 49.2 Å². The second kappa shape index (κ2) is 8.68. The standard InChI is InChI=1S/C19H22N2O3S2/c1-12(18(23)24-2)25-15-10-7-6-8-13(15)17(22)21-19-20-14-9-4-3-5-11-16(14)26-19/h6-8,10,12H,3-5,9,11H2,1-2H3,(H,20,21,22). The smallest absolute Gasteiger partial charge is 0.318 e. The van der Waals surface area contributed by atoms with E-state index >= 15 is 0 Å². The van der Waals surface area contributed by atoms with E-state index in [1.54, 1.807) is 24.3 Å². The van der Waals surface area contributed by atoms with Gasteiger partial charge < -0.3 is 4.74 Å². The second-order valence-corrected chi connectivity index (χ2v) is 8.65. The first-order valence-electron chi connectivity index (χ1n) is 8.72. The van der Waals surface area contributed by atoms with Gasteiger partial charge in [0.15, 0.2) is 5.13 Å². The van der Waals surface area contributed by atoms with Crippen molar-refractivity contribution in [2.75, 3.05) is 12.4 Å². The number of carbonyl (C=O) groups excluding carboxylic acids is 2. The van der Waals surface area contributed by atoms with Crippen LogP contribution in [0.1, 0.15) is 47.1 Å². The number of anilines is 1. The first-order chi connectivity index (χ1) is 12.6. The number of thioether (sulfide) groups is 1. The zero-order valence-corrected chi connectivity index (χ0v) is 16.5. The van der Waals surface area contributed by atoms with Crippen molar-refractivity contribution in [1.82, 2.24) is 4.98 Å². The molecule has 0 radical (unpaired) electrons. The molecule has 2 aromatic rings. The van der Waals surface area contributed by atoms with E-state index in [2.05, 4.69) is 10.3 Å². The van der Waals surface area contributed by atoms with Gasteiger partial charge in [-0.15, -0.1) is 23.1 Å². The number of nitrogens with zero attached hydrogens (tertiary/aromatic N) is 1. The maximum Gasteiger partial charge on any atom is 0.318 e. The molecule has 1 aliphatic rings. The number of amides is 1. The van der Waals surface area contributed by atoms with Gasteiger partial charge in [-0.2, -0.15) is 0 Å². The normalized spacial score (nSPS) is 14.8. The third-order valence-corrected chi connectivity index (χ3v) is 6.51. The summed E-state index contributed by atoms with van der Waals surface area (Å²) in [7, 11) is 1.37. The highest BCUT2D eigenvalue weighted by molar-refractivity contribution is 8.00. The van der Waals surface area contributed by atoms with E-state index in [9.17, 15) is 9.59 Å². The number of nitrogens with one attached hydrogen (secondary N) is 1. The van der Waals surface area contributed by atoms with Crippen molar-refractivity contribution in [3.8, 4) is 0 Å². The van der Waals surface area contributed by atoms with Crippen LogP contribution in [0.15, 0.2) is 29.2 Å². The van der Waals surface area contributed by atoms with Gasteiger partial charge in [-0.25, -0.2) is 4.98 Å². The number of hydrogen-bond acceptors (Lipinski definition) is 6. The topological polar surface area (TPSA) is 68.3 Å². The van der Waals surface area contributed by atoms with Crippen LogP contribution in [-0.4, -0.2) is 29.2 Å². The molecule has 3 rings (SSSR count). The average molecular weight is 391 g/mol. The number of thiazole rings is 1. The van der Waals surface area contributed by atoms with Crippen molar-refractivity contribution < 1.29 is 14.3 Å². The maximum atomic E-state index is 12.8. The third-order valence-electron chi connectivity index (χ3n) is 4.28. The largest absolute Gasteiger partial charge is 0.468 e. The number of esters is 1. The minimum atomic E-state index is -0.384. The first-order valence-corrected chi connectivity index (χ1v) is 10.4. The van der Waals surface area contributed by atoms with Gasteiger partial charge in [0.2, 0.25) is 0 Å². The van der Waals surface area contributed by atoms with Crippen molar-refractivity contribution in [2.24, 2.45) is 0 Å². The highest BCUT2D eigenvalue weighted by atomic mass is 32.2. The quantitative estimate of drug-likeness (QED) is 0.468. The van der Waals surface area contributed by atoms with Crippen molar-refractivity contribution >= 4 is 40.1 Å². The fourth-order valence-corrected chi connectivity index (χ4v) is 4.97. The second-order valence-electron chi connectivity index (χ2n) is 6.18. The summed E-state index contributed by atoms with van der Waals surface area (Å²) in [6.45, 7) is 1.77. The van der Waals surface area contributed by atoms with Crippen LogP contribution in [0.3, 0.4) is 0 Å². The molecular weight excluding hydrogens is 368 g/mol. The van der Waals surface area contributed by atoms with E-state index in [0.29, 0.717) is 10.7 Å². The molecule has 138 valence electrons. The minimum Gasteiger partial charge on any atom is -0.468 e. The average Bonchev–Trinajstić information content (AvgIpc) is 2.89. The number of benzene rings is 1. The summed E-state index contributed by atoms with van der Waals surface area (Å²) in [5.41, 5.74) is 1.67. The maximum absolute atomic E-state index is 12.8. The Labute approximate surface area is 161 Å². The number of aromatic nitrogens is 1. The first kappa shape index (κ1) is 18.9. The van der Waals surface area contributed by atoms with Crippen LogP contribution in [0.25, 0.3) is 0 Å². The molecule has 0 saturated carbocycles. The molecule has 1 atom stereocenters. The number of fused-ring (bicyclic) bond motifs is 1. The number of rotatable bonds is 5. The van der Waals surface area contributed by atoms with Crippen LogP contribution in [0.5, 0.6) is 0 Å². The van der Waals surface area contributed by atoms with Crippen LogP contribution in [0, 0.1) is 0 Å². The Morgan fingerprint density at radius 1 is 1.23 bits per heavy atom.